The van der Waals surface area contributed by atoms with E-state index in [0.29, 0.717) is 23.2 Å². The molecule has 0 radical (unpaired) electrons. The number of benzene rings is 1. The van der Waals surface area contributed by atoms with Gasteiger partial charge in [-0.3, -0.25) is 14.0 Å². The minimum atomic E-state index is -3.09. The minimum Gasteiger partial charge on any atom is -0.496 e. The number of methoxy groups -OCH3 is 1. The largest absolute Gasteiger partial charge is 0.496 e. The van der Waals surface area contributed by atoms with Gasteiger partial charge in [-0.25, -0.2) is 4.98 Å². The maximum Gasteiger partial charge on any atom is 0.387 e. The number of alkyl halides is 2. The highest BCUT2D eigenvalue weighted by molar-refractivity contribution is 5.91. The predicted molar refractivity (Wildman–Crippen MR) is 112 cm³/mol. The summed E-state index contributed by atoms with van der Waals surface area (Å²) in [5.74, 6) is -0.168. The molecule has 164 valence electrons. The first-order chi connectivity index (χ1) is 14.6. The second-order valence-corrected chi connectivity index (χ2v) is 8.02. The van der Waals surface area contributed by atoms with Crippen LogP contribution < -0.4 is 9.47 Å². The fourth-order valence-electron chi connectivity index (χ4n) is 3.67. The Morgan fingerprint density at radius 3 is 2.45 bits per heavy atom. The smallest absolute Gasteiger partial charge is 0.387 e. The number of halogens is 2. The lowest BCUT2D eigenvalue weighted by Crippen LogP contribution is -2.32. The molecule has 0 N–H and O–H groups in total. The number of hydrogen-bond donors (Lipinski definition) is 0. The van der Waals surface area contributed by atoms with Gasteiger partial charge in [0, 0.05) is 23.1 Å². The first-order valence-electron chi connectivity index (χ1n) is 9.74. The van der Waals surface area contributed by atoms with Gasteiger partial charge in [-0.1, -0.05) is 13.8 Å². The standard InChI is InChI=1S/C23H24F2N2O4/c1-13(2)21(29)23(3,4)15-6-7-27-17(11-26-20(27)10-15)14-8-18(30-5)16(12-28)19(9-14)31-22(24)25/h6-13,22H,1-5H3. The minimum absolute atomic E-state index is 0.100. The number of nitrogens with zero attached hydrogens (tertiary/aromatic N) is 2. The van der Waals surface area contributed by atoms with Crippen molar-refractivity contribution in [3.05, 3.63) is 47.8 Å². The third-order valence-electron chi connectivity index (χ3n) is 5.33. The maximum atomic E-state index is 12.9. The van der Waals surface area contributed by atoms with Crippen molar-refractivity contribution in [2.45, 2.75) is 39.7 Å². The molecule has 3 rings (SSSR count). The van der Waals surface area contributed by atoms with Gasteiger partial charge >= 0.3 is 6.61 Å². The molecule has 0 aliphatic rings. The highest BCUT2D eigenvalue weighted by Gasteiger charge is 2.31. The van der Waals surface area contributed by atoms with Gasteiger partial charge in [0.2, 0.25) is 0 Å². The van der Waals surface area contributed by atoms with Crippen LogP contribution in [0.1, 0.15) is 43.6 Å². The number of rotatable bonds is 8. The number of aldehydes is 1. The Balaban J connectivity index is 2.12. The molecule has 6 nitrogen and oxygen atoms in total. The van der Waals surface area contributed by atoms with E-state index in [1.54, 1.807) is 22.9 Å². The molecule has 0 spiro atoms. The molecular formula is C23H24F2N2O4. The van der Waals surface area contributed by atoms with E-state index in [4.69, 9.17) is 4.74 Å². The summed E-state index contributed by atoms with van der Waals surface area (Å²) in [5, 5.41) is 0. The van der Waals surface area contributed by atoms with Gasteiger partial charge in [-0.2, -0.15) is 8.78 Å². The Morgan fingerprint density at radius 1 is 1.19 bits per heavy atom. The van der Waals surface area contributed by atoms with E-state index in [1.165, 1.54) is 13.2 Å². The average molecular weight is 430 g/mol. The number of aromatic nitrogens is 2. The van der Waals surface area contributed by atoms with E-state index >= 15 is 0 Å². The summed E-state index contributed by atoms with van der Waals surface area (Å²) in [5.41, 5.74) is 1.70. The van der Waals surface area contributed by atoms with Gasteiger partial charge in [0.15, 0.2) is 6.29 Å². The fourth-order valence-corrected chi connectivity index (χ4v) is 3.67. The van der Waals surface area contributed by atoms with Crippen molar-refractivity contribution in [1.82, 2.24) is 9.38 Å². The number of imidazole rings is 1. The molecule has 0 aliphatic carbocycles. The molecule has 0 saturated carbocycles. The fraction of sp³-hybridized carbons (Fsp3) is 0.348. The molecule has 0 saturated heterocycles. The Kier molecular flexibility index (Phi) is 6.10. The van der Waals surface area contributed by atoms with Gasteiger partial charge in [0.05, 0.1) is 24.6 Å². The number of hydrogen-bond acceptors (Lipinski definition) is 5. The van der Waals surface area contributed by atoms with Crippen LogP contribution in [0.4, 0.5) is 8.78 Å². The zero-order chi connectivity index (χ0) is 22.9. The van der Waals surface area contributed by atoms with Crippen molar-refractivity contribution in [2.75, 3.05) is 7.11 Å². The van der Waals surface area contributed by atoms with Crippen LogP contribution in [-0.4, -0.2) is 35.2 Å². The number of carbonyl (C=O) groups excluding carboxylic acids is 2. The summed E-state index contributed by atoms with van der Waals surface area (Å²) in [7, 11) is 1.34. The van der Waals surface area contributed by atoms with Crippen LogP contribution in [0.2, 0.25) is 0 Å². The summed E-state index contributed by atoms with van der Waals surface area (Å²) in [6.07, 6.45) is 3.77. The highest BCUT2D eigenvalue weighted by Crippen LogP contribution is 2.36. The first kappa shape index (κ1) is 22.4. The summed E-state index contributed by atoms with van der Waals surface area (Å²) in [6.45, 7) is 4.39. The second-order valence-electron chi connectivity index (χ2n) is 8.02. The molecule has 0 bridgehead atoms. The Labute approximate surface area is 178 Å². The normalized spacial score (nSPS) is 11.9. The Hall–Kier alpha value is -3.29. The van der Waals surface area contributed by atoms with Gasteiger partial charge in [-0.15, -0.1) is 0 Å². The Morgan fingerprint density at radius 2 is 1.87 bits per heavy atom. The van der Waals surface area contributed by atoms with Crippen molar-refractivity contribution in [1.29, 1.82) is 0 Å². The van der Waals surface area contributed by atoms with Crippen molar-refractivity contribution >= 4 is 17.7 Å². The molecule has 0 aliphatic heterocycles. The van der Waals surface area contributed by atoms with Crippen molar-refractivity contribution in [2.24, 2.45) is 5.92 Å². The second kappa shape index (κ2) is 8.45. The lowest BCUT2D eigenvalue weighted by molar-refractivity contribution is -0.126. The third kappa shape index (κ3) is 4.15. The van der Waals surface area contributed by atoms with E-state index < -0.39 is 12.0 Å². The molecule has 31 heavy (non-hydrogen) atoms. The number of ketones is 1. The van der Waals surface area contributed by atoms with E-state index in [9.17, 15) is 18.4 Å². The summed E-state index contributed by atoms with van der Waals surface area (Å²) in [4.78, 5) is 28.4. The van der Waals surface area contributed by atoms with Crippen LogP contribution >= 0.6 is 0 Å². The first-order valence-corrected chi connectivity index (χ1v) is 9.74. The van der Waals surface area contributed by atoms with Crippen LogP contribution in [0, 0.1) is 5.92 Å². The van der Waals surface area contributed by atoms with Crippen LogP contribution in [0.5, 0.6) is 11.5 Å². The van der Waals surface area contributed by atoms with E-state index in [0.717, 1.165) is 5.56 Å². The molecule has 0 amide bonds. The van der Waals surface area contributed by atoms with E-state index in [-0.39, 0.29) is 28.8 Å². The predicted octanol–water partition coefficient (Wildman–Crippen LogP) is 4.93. The Bertz CT molecular complexity index is 1140. The highest BCUT2D eigenvalue weighted by atomic mass is 19.3. The van der Waals surface area contributed by atoms with E-state index in [2.05, 4.69) is 9.72 Å². The van der Waals surface area contributed by atoms with Crippen LogP contribution in [0.25, 0.3) is 16.9 Å². The quantitative estimate of drug-likeness (QED) is 0.474. The van der Waals surface area contributed by atoms with Crippen molar-refractivity contribution < 1.29 is 27.8 Å². The molecule has 0 fully saturated rings. The number of pyridine rings is 1. The molecule has 0 unspecified atom stereocenters. The number of ether oxygens (including phenoxy) is 2. The molecule has 2 aromatic heterocycles. The number of fused-ring (bicyclic) bond motifs is 1. The maximum absolute atomic E-state index is 12.9. The van der Waals surface area contributed by atoms with Gasteiger partial charge in [0.25, 0.3) is 0 Å². The molecule has 8 heteroatoms. The SMILES string of the molecule is COc1cc(-c2cnc3cc(C(C)(C)C(=O)C(C)C)ccn23)cc(OC(F)F)c1C=O. The molecule has 0 atom stereocenters. The zero-order valence-electron chi connectivity index (χ0n) is 18.0. The molecule has 3 aromatic rings. The van der Waals surface area contributed by atoms with Crippen LogP contribution in [0.15, 0.2) is 36.7 Å². The average Bonchev–Trinajstić information content (AvgIpc) is 3.15. The summed E-state index contributed by atoms with van der Waals surface area (Å²) in [6, 6.07) is 6.58. The zero-order valence-corrected chi connectivity index (χ0v) is 18.0. The monoisotopic (exact) mass is 430 g/mol. The lowest BCUT2D eigenvalue weighted by Gasteiger charge is -2.25. The molecular weight excluding hydrogens is 406 g/mol. The lowest BCUT2D eigenvalue weighted by atomic mass is 9.77. The molecule has 2 heterocycles. The summed E-state index contributed by atoms with van der Waals surface area (Å²) >= 11 is 0. The van der Waals surface area contributed by atoms with Gasteiger partial charge < -0.3 is 9.47 Å². The van der Waals surface area contributed by atoms with Crippen molar-refractivity contribution in [3.8, 4) is 22.8 Å². The van der Waals surface area contributed by atoms with Crippen LogP contribution in [-0.2, 0) is 10.2 Å². The third-order valence-corrected chi connectivity index (χ3v) is 5.33. The topological polar surface area (TPSA) is 69.9 Å². The van der Waals surface area contributed by atoms with Crippen LogP contribution in [0.3, 0.4) is 0 Å². The van der Waals surface area contributed by atoms with Crippen molar-refractivity contribution in [3.63, 3.8) is 0 Å². The van der Waals surface area contributed by atoms with Gasteiger partial charge in [-0.05, 0) is 43.7 Å². The van der Waals surface area contributed by atoms with E-state index in [1.807, 2.05) is 39.8 Å². The number of carbonyl (C=O) groups is 2. The number of Topliss-reactive ketones (excluding diaryl/α,β-unsaturated/α-hetero) is 1. The summed E-state index contributed by atoms with van der Waals surface area (Å²) < 4.78 is 37.2. The molecule has 1 aromatic carbocycles. The van der Waals surface area contributed by atoms with Gasteiger partial charge in [0.1, 0.15) is 22.9 Å².